The summed E-state index contributed by atoms with van der Waals surface area (Å²) in [5, 5.41) is 13.1. The summed E-state index contributed by atoms with van der Waals surface area (Å²) in [5.41, 5.74) is 1.45. The van der Waals surface area contributed by atoms with Crippen LogP contribution in [0.3, 0.4) is 0 Å². The number of amidine groups is 1. The minimum atomic E-state index is -0.596. The second-order valence-corrected chi connectivity index (χ2v) is 7.19. The standard InChI is InChI=1S/C20H20N4O4S/c1-27-15-7-3-13(4-8-15)12-21-24-20-23-18(25)11-17(29-20)19(26)22-14-5-9-16(28-2)10-6-14/h3-10,12,17H,11H2,1-2H3,(H,22,26)(H,23,24,25). The third-order valence-electron chi connectivity index (χ3n) is 3.99. The molecule has 1 fully saturated rings. The van der Waals surface area contributed by atoms with E-state index in [2.05, 4.69) is 20.8 Å². The molecule has 29 heavy (non-hydrogen) atoms. The number of methoxy groups -OCH3 is 2. The van der Waals surface area contributed by atoms with E-state index >= 15 is 0 Å². The van der Waals surface area contributed by atoms with Crippen molar-refractivity contribution in [3.63, 3.8) is 0 Å². The Morgan fingerprint density at radius 2 is 1.72 bits per heavy atom. The molecule has 9 heteroatoms. The molecule has 0 aliphatic carbocycles. The van der Waals surface area contributed by atoms with E-state index in [1.54, 1.807) is 44.7 Å². The normalized spacial score (nSPS) is 17.8. The van der Waals surface area contributed by atoms with Crippen LogP contribution in [0.5, 0.6) is 11.5 Å². The molecular weight excluding hydrogens is 392 g/mol. The molecule has 8 nitrogen and oxygen atoms in total. The second kappa shape index (κ2) is 9.74. The molecule has 1 unspecified atom stereocenters. The Hall–Kier alpha value is -3.33. The van der Waals surface area contributed by atoms with Crippen molar-refractivity contribution in [3.8, 4) is 11.5 Å². The van der Waals surface area contributed by atoms with E-state index in [-0.39, 0.29) is 23.4 Å². The summed E-state index contributed by atoms with van der Waals surface area (Å²) in [7, 11) is 3.17. The lowest BCUT2D eigenvalue weighted by atomic mass is 10.2. The van der Waals surface area contributed by atoms with Crippen molar-refractivity contribution in [2.75, 3.05) is 19.5 Å². The first-order valence-corrected chi connectivity index (χ1v) is 9.62. The smallest absolute Gasteiger partial charge is 0.238 e. The van der Waals surface area contributed by atoms with Crippen molar-refractivity contribution in [3.05, 3.63) is 54.1 Å². The average molecular weight is 412 g/mol. The van der Waals surface area contributed by atoms with Gasteiger partial charge in [-0.15, -0.1) is 5.10 Å². The molecule has 3 rings (SSSR count). The topological polar surface area (TPSA) is 101 Å². The summed E-state index contributed by atoms with van der Waals surface area (Å²) in [6, 6.07) is 14.3. The van der Waals surface area contributed by atoms with Gasteiger partial charge in [0.2, 0.25) is 11.8 Å². The number of carbonyl (C=O) groups is 2. The van der Waals surface area contributed by atoms with Gasteiger partial charge in [-0.3, -0.25) is 9.59 Å². The van der Waals surface area contributed by atoms with Gasteiger partial charge in [0, 0.05) is 12.1 Å². The van der Waals surface area contributed by atoms with Gasteiger partial charge in [0.1, 0.15) is 16.7 Å². The predicted molar refractivity (Wildman–Crippen MR) is 114 cm³/mol. The van der Waals surface area contributed by atoms with Crippen LogP contribution < -0.4 is 20.1 Å². The molecule has 150 valence electrons. The van der Waals surface area contributed by atoms with E-state index in [1.807, 2.05) is 24.3 Å². The fraction of sp³-hybridized carbons (Fsp3) is 0.200. The Labute approximate surface area is 172 Å². The van der Waals surface area contributed by atoms with E-state index in [1.165, 1.54) is 0 Å². The number of thioether (sulfide) groups is 1. The van der Waals surface area contributed by atoms with Gasteiger partial charge >= 0.3 is 0 Å². The first-order chi connectivity index (χ1) is 14.1. The van der Waals surface area contributed by atoms with Gasteiger partial charge in [-0.25, -0.2) is 0 Å². The largest absolute Gasteiger partial charge is 0.497 e. The second-order valence-electron chi connectivity index (χ2n) is 6.00. The van der Waals surface area contributed by atoms with E-state index < -0.39 is 5.25 Å². The van der Waals surface area contributed by atoms with E-state index in [9.17, 15) is 9.59 Å². The van der Waals surface area contributed by atoms with Crippen LogP contribution in [0.4, 0.5) is 5.69 Å². The zero-order chi connectivity index (χ0) is 20.6. The van der Waals surface area contributed by atoms with Gasteiger partial charge < -0.3 is 20.1 Å². The molecule has 0 bridgehead atoms. The van der Waals surface area contributed by atoms with Gasteiger partial charge in [-0.05, 0) is 54.1 Å². The number of hydrogen-bond donors (Lipinski definition) is 2. The van der Waals surface area contributed by atoms with Crippen LogP contribution in [0.2, 0.25) is 0 Å². The third kappa shape index (κ3) is 5.82. The highest BCUT2D eigenvalue weighted by Crippen LogP contribution is 2.23. The van der Waals surface area contributed by atoms with Crippen LogP contribution in [0.15, 0.2) is 58.7 Å². The SMILES string of the molecule is COc1ccc(C=NN=C2NC(=O)CC(C(=O)Nc3ccc(OC)cc3)S2)cc1. The number of rotatable bonds is 6. The van der Waals surface area contributed by atoms with Crippen molar-refractivity contribution in [1.29, 1.82) is 0 Å². The Bertz CT molecular complexity index is 927. The third-order valence-corrected chi connectivity index (χ3v) is 5.06. The van der Waals surface area contributed by atoms with Gasteiger partial charge in [0.25, 0.3) is 0 Å². The number of ether oxygens (including phenoxy) is 2. The minimum absolute atomic E-state index is 0.0634. The van der Waals surface area contributed by atoms with E-state index in [0.29, 0.717) is 11.4 Å². The quantitative estimate of drug-likeness (QED) is 0.561. The van der Waals surface area contributed by atoms with Crippen molar-refractivity contribution in [2.24, 2.45) is 10.2 Å². The van der Waals surface area contributed by atoms with Gasteiger partial charge in [0.05, 0.1) is 20.4 Å². The highest BCUT2D eigenvalue weighted by atomic mass is 32.2. The molecule has 1 atom stereocenters. The molecule has 1 aliphatic heterocycles. The fourth-order valence-corrected chi connectivity index (χ4v) is 3.41. The Morgan fingerprint density at radius 1 is 1.10 bits per heavy atom. The Balaban J connectivity index is 1.62. The van der Waals surface area contributed by atoms with E-state index in [0.717, 1.165) is 23.1 Å². The maximum atomic E-state index is 12.5. The molecule has 0 saturated carbocycles. The van der Waals surface area contributed by atoms with Crippen molar-refractivity contribution >= 4 is 40.6 Å². The molecule has 0 spiro atoms. The molecule has 0 aromatic heterocycles. The number of benzene rings is 2. The number of nitrogens with one attached hydrogen (secondary N) is 2. The predicted octanol–water partition coefficient (Wildman–Crippen LogP) is 2.65. The summed E-state index contributed by atoms with van der Waals surface area (Å²) in [6.45, 7) is 0. The monoisotopic (exact) mass is 412 g/mol. The number of hydrogen-bond acceptors (Lipinski definition) is 7. The summed E-state index contributed by atoms with van der Waals surface area (Å²) in [4.78, 5) is 24.5. The van der Waals surface area contributed by atoms with Crippen molar-refractivity contribution in [2.45, 2.75) is 11.7 Å². The lowest BCUT2D eigenvalue weighted by Crippen LogP contribution is -2.41. The summed E-state index contributed by atoms with van der Waals surface area (Å²) in [5.74, 6) is 0.881. The number of anilines is 1. The summed E-state index contributed by atoms with van der Waals surface area (Å²) in [6.07, 6.45) is 1.62. The molecule has 1 aliphatic rings. The zero-order valence-corrected chi connectivity index (χ0v) is 16.7. The van der Waals surface area contributed by atoms with Crippen LogP contribution in [-0.2, 0) is 9.59 Å². The van der Waals surface area contributed by atoms with Gasteiger partial charge in [-0.1, -0.05) is 11.8 Å². The number of carbonyl (C=O) groups excluding carboxylic acids is 2. The van der Waals surface area contributed by atoms with Gasteiger partial charge in [-0.2, -0.15) is 5.10 Å². The van der Waals surface area contributed by atoms with Crippen molar-refractivity contribution in [1.82, 2.24) is 5.32 Å². The lowest BCUT2D eigenvalue weighted by molar-refractivity contribution is -0.123. The Morgan fingerprint density at radius 3 is 2.34 bits per heavy atom. The molecule has 2 N–H and O–H groups in total. The number of amides is 2. The van der Waals surface area contributed by atoms with E-state index in [4.69, 9.17) is 9.47 Å². The van der Waals surface area contributed by atoms with Crippen LogP contribution >= 0.6 is 11.8 Å². The minimum Gasteiger partial charge on any atom is -0.497 e. The fourth-order valence-electron chi connectivity index (χ4n) is 2.47. The number of nitrogens with zero attached hydrogens (tertiary/aromatic N) is 2. The van der Waals surface area contributed by atoms with Crippen LogP contribution in [0.1, 0.15) is 12.0 Å². The molecule has 0 radical (unpaired) electrons. The lowest BCUT2D eigenvalue weighted by Gasteiger charge is -2.21. The van der Waals surface area contributed by atoms with Gasteiger partial charge in [0.15, 0.2) is 5.17 Å². The highest BCUT2D eigenvalue weighted by molar-refractivity contribution is 8.15. The zero-order valence-electron chi connectivity index (χ0n) is 15.9. The van der Waals surface area contributed by atoms with Crippen LogP contribution in [-0.4, -0.2) is 42.7 Å². The highest BCUT2D eigenvalue weighted by Gasteiger charge is 2.30. The average Bonchev–Trinajstić information content (AvgIpc) is 2.74. The van der Waals surface area contributed by atoms with Crippen LogP contribution in [0, 0.1) is 0 Å². The van der Waals surface area contributed by atoms with Crippen LogP contribution in [0.25, 0.3) is 0 Å². The molecule has 1 heterocycles. The van der Waals surface area contributed by atoms with Crippen molar-refractivity contribution < 1.29 is 19.1 Å². The molecule has 2 aromatic carbocycles. The maximum absolute atomic E-state index is 12.5. The first-order valence-electron chi connectivity index (χ1n) is 8.74. The first kappa shape index (κ1) is 20.4. The molecular formula is C20H20N4O4S. The molecule has 2 amide bonds. The molecule has 2 aromatic rings. The Kier molecular flexibility index (Phi) is 6.85. The summed E-state index contributed by atoms with van der Waals surface area (Å²) < 4.78 is 10.2. The molecule has 1 saturated heterocycles. The maximum Gasteiger partial charge on any atom is 0.238 e. The summed E-state index contributed by atoms with van der Waals surface area (Å²) >= 11 is 1.16.